The minimum absolute atomic E-state index is 0.0883. The Morgan fingerprint density at radius 3 is 3.12 bits per heavy atom. The molecule has 1 amide bonds. The highest BCUT2D eigenvalue weighted by molar-refractivity contribution is 9.10. The number of halogens is 1. The standard InChI is InChI=1S/C10H14BrN3O2/c1-16-6-5-12-9(15)7-14-10-8(11)3-2-4-13-10/h2-4H,5-7H2,1H3,(H,12,15)(H,13,14). The van der Waals surface area contributed by atoms with Crippen LogP contribution in [0.1, 0.15) is 0 Å². The molecule has 6 heteroatoms. The van der Waals surface area contributed by atoms with Crippen molar-refractivity contribution in [3.63, 3.8) is 0 Å². The minimum Gasteiger partial charge on any atom is -0.383 e. The van der Waals surface area contributed by atoms with Crippen molar-refractivity contribution in [1.82, 2.24) is 10.3 Å². The van der Waals surface area contributed by atoms with Gasteiger partial charge >= 0.3 is 0 Å². The Morgan fingerprint density at radius 2 is 2.44 bits per heavy atom. The fourth-order valence-electron chi connectivity index (χ4n) is 1.03. The molecule has 0 spiro atoms. The second kappa shape index (κ2) is 7.19. The van der Waals surface area contributed by atoms with Crippen molar-refractivity contribution < 1.29 is 9.53 Å². The summed E-state index contributed by atoms with van der Waals surface area (Å²) in [4.78, 5) is 15.4. The Labute approximate surface area is 103 Å². The summed E-state index contributed by atoms with van der Waals surface area (Å²) >= 11 is 3.33. The van der Waals surface area contributed by atoms with Crippen molar-refractivity contribution in [2.75, 3.05) is 32.1 Å². The molecule has 1 aromatic rings. The second-order valence-electron chi connectivity index (χ2n) is 3.03. The first kappa shape index (κ1) is 12.9. The number of amides is 1. The van der Waals surface area contributed by atoms with Crippen LogP contribution in [0.25, 0.3) is 0 Å². The van der Waals surface area contributed by atoms with Gasteiger partial charge in [0.25, 0.3) is 0 Å². The summed E-state index contributed by atoms with van der Waals surface area (Å²) in [6.07, 6.45) is 1.66. The van der Waals surface area contributed by atoms with Gasteiger partial charge in [-0.15, -0.1) is 0 Å². The molecule has 5 nitrogen and oxygen atoms in total. The normalized spacial score (nSPS) is 9.88. The quantitative estimate of drug-likeness (QED) is 0.767. The summed E-state index contributed by atoms with van der Waals surface area (Å²) in [5.41, 5.74) is 0. The van der Waals surface area contributed by atoms with E-state index in [4.69, 9.17) is 4.74 Å². The van der Waals surface area contributed by atoms with Gasteiger partial charge in [-0.05, 0) is 28.1 Å². The zero-order chi connectivity index (χ0) is 11.8. The van der Waals surface area contributed by atoms with Crippen LogP contribution in [0.3, 0.4) is 0 Å². The number of carbonyl (C=O) groups excluding carboxylic acids is 1. The highest BCUT2D eigenvalue weighted by Crippen LogP contribution is 2.17. The summed E-state index contributed by atoms with van der Waals surface area (Å²) in [5, 5.41) is 5.63. The minimum atomic E-state index is -0.0883. The summed E-state index contributed by atoms with van der Waals surface area (Å²) in [5.74, 6) is 0.569. The molecule has 0 aliphatic carbocycles. The van der Waals surface area contributed by atoms with Crippen LogP contribution in [-0.2, 0) is 9.53 Å². The SMILES string of the molecule is COCCNC(=O)CNc1ncccc1Br. The number of aromatic nitrogens is 1. The Bertz CT molecular complexity index is 347. The monoisotopic (exact) mass is 287 g/mol. The van der Waals surface area contributed by atoms with Crippen LogP contribution in [0.4, 0.5) is 5.82 Å². The van der Waals surface area contributed by atoms with Gasteiger partial charge in [-0.25, -0.2) is 4.98 Å². The summed E-state index contributed by atoms with van der Waals surface area (Å²) < 4.78 is 5.65. The second-order valence-corrected chi connectivity index (χ2v) is 3.88. The molecule has 0 atom stereocenters. The number of pyridine rings is 1. The molecule has 0 unspecified atom stereocenters. The third-order valence-electron chi connectivity index (χ3n) is 1.80. The zero-order valence-corrected chi connectivity index (χ0v) is 10.6. The number of nitrogens with zero attached hydrogens (tertiary/aromatic N) is 1. The summed E-state index contributed by atoms with van der Waals surface area (Å²) in [6.45, 7) is 1.22. The first-order valence-corrected chi connectivity index (χ1v) is 5.63. The van der Waals surface area contributed by atoms with Crippen molar-refractivity contribution in [3.8, 4) is 0 Å². The van der Waals surface area contributed by atoms with Crippen LogP contribution in [0.2, 0.25) is 0 Å². The van der Waals surface area contributed by atoms with E-state index in [2.05, 4.69) is 31.5 Å². The number of carbonyl (C=O) groups is 1. The maximum absolute atomic E-state index is 11.3. The average molecular weight is 288 g/mol. The molecule has 0 radical (unpaired) electrons. The molecular weight excluding hydrogens is 274 g/mol. The molecular formula is C10H14BrN3O2. The van der Waals surface area contributed by atoms with Gasteiger partial charge in [0.1, 0.15) is 5.82 Å². The molecule has 0 aliphatic rings. The van der Waals surface area contributed by atoms with Gasteiger partial charge < -0.3 is 15.4 Å². The molecule has 0 fully saturated rings. The molecule has 2 N–H and O–H groups in total. The van der Waals surface area contributed by atoms with Crippen LogP contribution in [0.15, 0.2) is 22.8 Å². The first-order valence-electron chi connectivity index (χ1n) is 4.84. The van der Waals surface area contributed by atoms with E-state index in [1.807, 2.05) is 12.1 Å². The van der Waals surface area contributed by atoms with E-state index in [0.717, 1.165) is 4.47 Å². The van der Waals surface area contributed by atoms with Gasteiger partial charge in [-0.1, -0.05) is 0 Å². The Hall–Kier alpha value is -1.14. The van der Waals surface area contributed by atoms with Gasteiger partial charge in [0.15, 0.2) is 0 Å². The number of hydrogen-bond acceptors (Lipinski definition) is 4. The molecule has 1 rings (SSSR count). The molecule has 0 saturated carbocycles. The number of methoxy groups -OCH3 is 1. The number of rotatable bonds is 6. The topological polar surface area (TPSA) is 63.2 Å². The van der Waals surface area contributed by atoms with Gasteiger partial charge in [0, 0.05) is 19.9 Å². The van der Waals surface area contributed by atoms with E-state index in [1.54, 1.807) is 13.3 Å². The summed E-state index contributed by atoms with van der Waals surface area (Å²) in [6, 6.07) is 3.67. The third-order valence-corrected chi connectivity index (χ3v) is 2.44. The highest BCUT2D eigenvalue weighted by Gasteiger charge is 2.03. The van der Waals surface area contributed by atoms with Gasteiger partial charge in [0.2, 0.25) is 5.91 Å². The number of nitrogens with one attached hydrogen (secondary N) is 2. The lowest BCUT2D eigenvalue weighted by molar-refractivity contribution is -0.119. The summed E-state index contributed by atoms with van der Waals surface area (Å²) in [7, 11) is 1.59. The predicted octanol–water partition coefficient (Wildman–Crippen LogP) is 1.02. The molecule has 16 heavy (non-hydrogen) atoms. The van der Waals surface area contributed by atoms with E-state index >= 15 is 0 Å². The van der Waals surface area contributed by atoms with E-state index in [-0.39, 0.29) is 12.5 Å². The van der Waals surface area contributed by atoms with Gasteiger partial charge in [0.05, 0.1) is 17.6 Å². The highest BCUT2D eigenvalue weighted by atomic mass is 79.9. The van der Waals surface area contributed by atoms with Gasteiger partial charge in [-0.3, -0.25) is 4.79 Å². The van der Waals surface area contributed by atoms with Crippen molar-refractivity contribution in [3.05, 3.63) is 22.8 Å². The Kier molecular flexibility index (Phi) is 5.81. The van der Waals surface area contributed by atoms with Gasteiger partial charge in [-0.2, -0.15) is 0 Å². The molecule has 1 aromatic heterocycles. The zero-order valence-electron chi connectivity index (χ0n) is 9.00. The number of ether oxygens (including phenoxy) is 1. The lowest BCUT2D eigenvalue weighted by Gasteiger charge is -2.07. The maximum Gasteiger partial charge on any atom is 0.239 e. The van der Waals surface area contributed by atoms with E-state index < -0.39 is 0 Å². The Morgan fingerprint density at radius 1 is 1.62 bits per heavy atom. The largest absolute Gasteiger partial charge is 0.383 e. The van der Waals surface area contributed by atoms with Crippen molar-refractivity contribution in [1.29, 1.82) is 0 Å². The lowest BCUT2D eigenvalue weighted by Crippen LogP contribution is -2.32. The fraction of sp³-hybridized carbons (Fsp3) is 0.400. The van der Waals surface area contributed by atoms with E-state index in [9.17, 15) is 4.79 Å². The number of anilines is 1. The van der Waals surface area contributed by atoms with Crippen LogP contribution in [0, 0.1) is 0 Å². The fourth-order valence-corrected chi connectivity index (χ4v) is 1.43. The third kappa shape index (κ3) is 4.59. The van der Waals surface area contributed by atoms with Crippen LogP contribution in [-0.4, -0.2) is 37.7 Å². The number of hydrogen-bond donors (Lipinski definition) is 2. The average Bonchev–Trinajstić information content (AvgIpc) is 2.28. The Balaban J connectivity index is 2.29. The smallest absolute Gasteiger partial charge is 0.239 e. The molecule has 0 saturated heterocycles. The van der Waals surface area contributed by atoms with Crippen LogP contribution >= 0.6 is 15.9 Å². The van der Waals surface area contributed by atoms with Crippen molar-refractivity contribution >= 4 is 27.7 Å². The maximum atomic E-state index is 11.3. The van der Waals surface area contributed by atoms with Crippen LogP contribution < -0.4 is 10.6 Å². The molecule has 1 heterocycles. The van der Waals surface area contributed by atoms with Crippen LogP contribution in [0.5, 0.6) is 0 Å². The first-order chi connectivity index (χ1) is 7.74. The van der Waals surface area contributed by atoms with E-state index in [0.29, 0.717) is 19.0 Å². The van der Waals surface area contributed by atoms with Crippen molar-refractivity contribution in [2.24, 2.45) is 0 Å². The molecule has 0 bridgehead atoms. The lowest BCUT2D eigenvalue weighted by atomic mass is 10.4. The molecule has 88 valence electrons. The van der Waals surface area contributed by atoms with E-state index in [1.165, 1.54) is 0 Å². The predicted molar refractivity (Wildman–Crippen MR) is 65.3 cm³/mol. The molecule has 0 aliphatic heterocycles. The van der Waals surface area contributed by atoms with Crippen molar-refractivity contribution in [2.45, 2.75) is 0 Å². The molecule has 0 aromatic carbocycles.